The van der Waals surface area contributed by atoms with Gasteiger partial charge >= 0.3 is 6.09 Å². The summed E-state index contributed by atoms with van der Waals surface area (Å²) in [6.07, 6.45) is 1.51. The largest absolute Gasteiger partial charge is 0.442 e. The monoisotopic (exact) mass is 530 g/mol. The van der Waals surface area contributed by atoms with Crippen LogP contribution in [0, 0.1) is 10.1 Å². The van der Waals surface area contributed by atoms with E-state index in [9.17, 15) is 19.7 Å². The number of amides is 2. The Kier molecular flexibility index (Phi) is 7.86. The molecule has 3 aromatic rings. The minimum absolute atomic E-state index is 0.0192. The van der Waals surface area contributed by atoms with Crippen LogP contribution in [0.25, 0.3) is 0 Å². The molecule has 1 N–H and O–H groups in total. The molecule has 1 aromatic heterocycles. The first-order valence-electron chi connectivity index (χ1n) is 13.0. The van der Waals surface area contributed by atoms with E-state index in [-0.39, 0.29) is 18.1 Å². The highest BCUT2D eigenvalue weighted by atomic mass is 16.6. The number of ether oxygens (including phenoxy) is 1. The van der Waals surface area contributed by atoms with Crippen LogP contribution in [-0.2, 0) is 16.0 Å². The molecular weight excluding hydrogens is 500 g/mol. The van der Waals surface area contributed by atoms with Crippen molar-refractivity contribution in [2.24, 2.45) is 0 Å². The Balaban J connectivity index is 1.08. The number of carbonyl (C=O) groups excluding carboxylic acids is 2. The number of cyclic esters (lactones) is 1. The summed E-state index contributed by atoms with van der Waals surface area (Å²) in [4.78, 5) is 45.3. The summed E-state index contributed by atoms with van der Waals surface area (Å²) in [5.41, 5.74) is 2.88. The van der Waals surface area contributed by atoms with Gasteiger partial charge in [-0.25, -0.2) is 9.78 Å². The topological polar surface area (TPSA) is 121 Å². The van der Waals surface area contributed by atoms with Crippen molar-refractivity contribution in [1.29, 1.82) is 0 Å². The maximum Gasteiger partial charge on any atom is 0.414 e. The van der Waals surface area contributed by atoms with Crippen LogP contribution in [0.2, 0.25) is 0 Å². The minimum Gasteiger partial charge on any atom is -0.442 e. The van der Waals surface area contributed by atoms with Gasteiger partial charge in [0.15, 0.2) is 0 Å². The Morgan fingerprint density at radius 3 is 2.33 bits per heavy atom. The Morgan fingerprint density at radius 2 is 1.67 bits per heavy atom. The molecule has 39 heavy (non-hydrogen) atoms. The average Bonchev–Trinajstić information content (AvgIpc) is 3.36. The van der Waals surface area contributed by atoms with Crippen molar-refractivity contribution in [2.75, 3.05) is 54.0 Å². The summed E-state index contributed by atoms with van der Waals surface area (Å²) in [5, 5.41) is 13.7. The number of nitrogens with one attached hydrogen (secondary N) is 1. The fourth-order valence-corrected chi connectivity index (χ4v) is 4.77. The number of pyridine rings is 1. The Hall–Kier alpha value is -4.67. The van der Waals surface area contributed by atoms with Gasteiger partial charge in [0, 0.05) is 50.0 Å². The van der Waals surface area contributed by atoms with Gasteiger partial charge in [0.2, 0.25) is 5.91 Å². The van der Waals surface area contributed by atoms with E-state index in [0.29, 0.717) is 19.4 Å². The van der Waals surface area contributed by atoms with Crippen LogP contribution in [0.15, 0.2) is 72.9 Å². The molecule has 2 aromatic carbocycles. The molecule has 2 saturated heterocycles. The molecule has 2 amide bonds. The summed E-state index contributed by atoms with van der Waals surface area (Å²) in [6, 6.07) is 20.8. The molecule has 0 aliphatic carbocycles. The van der Waals surface area contributed by atoms with Gasteiger partial charge < -0.3 is 19.9 Å². The van der Waals surface area contributed by atoms with Gasteiger partial charge in [-0.1, -0.05) is 30.3 Å². The lowest BCUT2D eigenvalue weighted by molar-refractivity contribution is -0.385. The lowest BCUT2D eigenvalue weighted by Crippen LogP contribution is -2.46. The van der Waals surface area contributed by atoms with Crippen molar-refractivity contribution in [1.82, 2.24) is 10.3 Å². The zero-order valence-corrected chi connectivity index (χ0v) is 21.4. The molecule has 202 valence electrons. The number of anilines is 3. The Labute approximate surface area is 226 Å². The van der Waals surface area contributed by atoms with E-state index >= 15 is 0 Å². The van der Waals surface area contributed by atoms with Crippen LogP contribution >= 0.6 is 0 Å². The maximum absolute atomic E-state index is 12.5. The van der Waals surface area contributed by atoms with Gasteiger partial charge in [-0.2, -0.15) is 0 Å². The van der Waals surface area contributed by atoms with E-state index in [2.05, 4.69) is 20.1 Å². The van der Waals surface area contributed by atoms with E-state index in [0.717, 1.165) is 48.9 Å². The number of nitro groups is 1. The third-order valence-corrected chi connectivity index (χ3v) is 6.96. The SMILES string of the molecule is O=C(CCc1ccccc1)NC[C@H]1CN(c2ccc(N3CCN(c4ccc([N+](=O)[O-])cn4)CC3)cc2)C(=O)O1. The first-order chi connectivity index (χ1) is 19.0. The van der Waals surface area contributed by atoms with Crippen molar-refractivity contribution in [3.05, 3.63) is 88.6 Å². The van der Waals surface area contributed by atoms with Gasteiger partial charge in [0.25, 0.3) is 5.69 Å². The molecule has 0 spiro atoms. The molecule has 3 heterocycles. The van der Waals surface area contributed by atoms with Crippen LogP contribution in [-0.4, -0.2) is 67.3 Å². The van der Waals surface area contributed by atoms with Gasteiger partial charge in [-0.15, -0.1) is 0 Å². The lowest BCUT2D eigenvalue weighted by atomic mass is 10.1. The summed E-state index contributed by atoms with van der Waals surface area (Å²) in [5.74, 6) is 0.659. The highest BCUT2D eigenvalue weighted by Crippen LogP contribution is 2.26. The number of piperazine rings is 1. The lowest BCUT2D eigenvalue weighted by Gasteiger charge is -2.36. The van der Waals surface area contributed by atoms with E-state index < -0.39 is 17.1 Å². The second kappa shape index (κ2) is 11.8. The molecule has 0 bridgehead atoms. The van der Waals surface area contributed by atoms with Gasteiger partial charge in [-0.3, -0.25) is 19.8 Å². The zero-order valence-electron chi connectivity index (χ0n) is 21.4. The molecule has 0 unspecified atom stereocenters. The van der Waals surface area contributed by atoms with Crippen LogP contribution in [0.3, 0.4) is 0 Å². The van der Waals surface area contributed by atoms with Crippen LogP contribution < -0.4 is 20.0 Å². The van der Waals surface area contributed by atoms with Crippen LogP contribution in [0.1, 0.15) is 12.0 Å². The quantitative estimate of drug-likeness (QED) is 0.330. The molecule has 11 nitrogen and oxygen atoms in total. The number of nitrogens with zero attached hydrogens (tertiary/aromatic N) is 5. The number of carbonyl (C=O) groups is 2. The molecule has 5 rings (SSSR count). The number of hydrogen-bond donors (Lipinski definition) is 1. The summed E-state index contributed by atoms with van der Waals surface area (Å²) < 4.78 is 5.48. The van der Waals surface area contributed by atoms with Crippen LogP contribution in [0.4, 0.5) is 27.7 Å². The zero-order chi connectivity index (χ0) is 27.2. The molecular formula is C28H30N6O5. The molecule has 2 aliphatic heterocycles. The fraction of sp³-hybridized carbons (Fsp3) is 0.321. The second-order valence-electron chi connectivity index (χ2n) is 9.53. The summed E-state index contributed by atoms with van der Waals surface area (Å²) in [7, 11) is 0. The van der Waals surface area contributed by atoms with Crippen molar-refractivity contribution in [3.63, 3.8) is 0 Å². The predicted molar refractivity (Wildman–Crippen MR) is 147 cm³/mol. The van der Waals surface area contributed by atoms with Crippen molar-refractivity contribution in [3.8, 4) is 0 Å². The highest BCUT2D eigenvalue weighted by Gasteiger charge is 2.32. The molecule has 0 radical (unpaired) electrons. The van der Waals surface area contributed by atoms with Crippen molar-refractivity contribution in [2.45, 2.75) is 18.9 Å². The normalized spacial score (nSPS) is 17.2. The van der Waals surface area contributed by atoms with Crippen LogP contribution in [0.5, 0.6) is 0 Å². The molecule has 2 aliphatic rings. The first-order valence-corrected chi connectivity index (χ1v) is 13.0. The van der Waals surface area contributed by atoms with Gasteiger partial charge in [0.05, 0.1) is 18.0 Å². The number of aryl methyl sites for hydroxylation is 1. The van der Waals surface area contributed by atoms with E-state index in [4.69, 9.17) is 4.74 Å². The van der Waals surface area contributed by atoms with E-state index in [1.807, 2.05) is 54.6 Å². The number of aromatic nitrogens is 1. The second-order valence-corrected chi connectivity index (χ2v) is 9.53. The maximum atomic E-state index is 12.5. The molecule has 1 atom stereocenters. The van der Waals surface area contributed by atoms with E-state index in [1.54, 1.807) is 11.0 Å². The Morgan fingerprint density at radius 1 is 0.974 bits per heavy atom. The molecule has 11 heteroatoms. The number of rotatable bonds is 9. The summed E-state index contributed by atoms with van der Waals surface area (Å²) >= 11 is 0. The highest BCUT2D eigenvalue weighted by molar-refractivity contribution is 5.90. The smallest absolute Gasteiger partial charge is 0.414 e. The average molecular weight is 531 g/mol. The minimum atomic E-state index is -0.452. The third-order valence-electron chi connectivity index (χ3n) is 6.96. The third kappa shape index (κ3) is 6.43. The fourth-order valence-electron chi connectivity index (χ4n) is 4.77. The standard InChI is InChI=1S/C28H30N6O5/c35-27(13-6-21-4-2-1-3-5-21)30-19-25-20-33(28(36)39-25)23-9-7-22(8-10-23)31-14-16-32(17-15-31)26-12-11-24(18-29-26)34(37)38/h1-5,7-12,18,25H,6,13-17,19-20H2,(H,30,35)/t25-/m0/s1. The number of benzene rings is 2. The van der Waals surface area contributed by atoms with E-state index in [1.165, 1.54) is 12.3 Å². The summed E-state index contributed by atoms with van der Waals surface area (Å²) in [6.45, 7) is 3.68. The van der Waals surface area contributed by atoms with Crippen molar-refractivity contribution < 1.29 is 19.2 Å². The first kappa shape index (κ1) is 26.0. The predicted octanol–water partition coefficient (Wildman–Crippen LogP) is 3.39. The Bertz CT molecular complexity index is 1290. The van der Waals surface area contributed by atoms with Gasteiger partial charge in [0.1, 0.15) is 18.1 Å². The number of hydrogen-bond acceptors (Lipinski definition) is 8. The van der Waals surface area contributed by atoms with Crippen molar-refractivity contribution >= 4 is 34.9 Å². The van der Waals surface area contributed by atoms with Gasteiger partial charge in [-0.05, 0) is 42.3 Å². The molecule has 2 fully saturated rings. The molecule has 0 saturated carbocycles.